The molecule has 1 aliphatic rings. The van der Waals surface area contributed by atoms with Gasteiger partial charge < -0.3 is 10.3 Å². The van der Waals surface area contributed by atoms with Gasteiger partial charge in [-0.25, -0.2) is 15.0 Å². The quantitative estimate of drug-likeness (QED) is 0.265. The molecule has 29 heavy (non-hydrogen) atoms. The normalized spacial score (nSPS) is 14.1. The predicted octanol–water partition coefficient (Wildman–Crippen LogP) is 6.40. The van der Waals surface area contributed by atoms with Crippen LogP contribution in [-0.4, -0.2) is 25.3 Å². The van der Waals surface area contributed by atoms with Crippen molar-refractivity contribution in [2.75, 3.05) is 11.5 Å². The molecule has 0 unspecified atom stereocenters. The Labute approximate surface area is 182 Å². The zero-order chi connectivity index (χ0) is 20.0. The van der Waals surface area contributed by atoms with Gasteiger partial charge in [-0.3, -0.25) is 0 Å². The highest BCUT2D eigenvalue weighted by molar-refractivity contribution is 8.01. The lowest BCUT2D eigenvalue weighted by molar-refractivity contribution is 0.718. The minimum absolute atomic E-state index is 0.553. The van der Waals surface area contributed by atoms with Crippen LogP contribution in [0.5, 0.6) is 0 Å². The van der Waals surface area contributed by atoms with Gasteiger partial charge in [0, 0.05) is 28.6 Å². The number of fused-ring (bicyclic) bond motifs is 1. The van der Waals surface area contributed by atoms with Crippen molar-refractivity contribution in [3.63, 3.8) is 0 Å². The Balaban J connectivity index is 1.72. The number of rotatable bonds is 7. The summed E-state index contributed by atoms with van der Waals surface area (Å²) in [6, 6.07) is 2.71. The fourth-order valence-electron chi connectivity index (χ4n) is 3.62. The van der Waals surface area contributed by atoms with E-state index in [1.165, 1.54) is 29.9 Å². The van der Waals surface area contributed by atoms with E-state index in [0.717, 1.165) is 49.4 Å². The van der Waals surface area contributed by atoms with Crippen molar-refractivity contribution in [3.05, 3.63) is 29.7 Å². The van der Waals surface area contributed by atoms with E-state index in [1.54, 1.807) is 22.7 Å². The number of aromatic nitrogens is 4. The fraction of sp³-hybridized carbons (Fsp3) is 0.381. The molecule has 5 nitrogen and oxygen atoms in total. The number of pyridine rings is 1. The van der Waals surface area contributed by atoms with Crippen LogP contribution in [-0.2, 0) is 0 Å². The number of thiazole rings is 1. The third-order valence-electron chi connectivity index (χ3n) is 5.22. The Kier molecular flexibility index (Phi) is 5.09. The Morgan fingerprint density at radius 3 is 2.90 bits per heavy atom. The molecule has 1 fully saturated rings. The third kappa shape index (κ3) is 3.47. The Morgan fingerprint density at radius 2 is 2.17 bits per heavy atom. The van der Waals surface area contributed by atoms with Gasteiger partial charge in [-0.05, 0) is 38.0 Å². The summed E-state index contributed by atoms with van der Waals surface area (Å²) >= 11 is 5.17. The predicted molar refractivity (Wildman–Crippen MR) is 125 cm³/mol. The smallest absolute Gasteiger partial charge is 0.141 e. The Bertz CT molecular complexity index is 1160. The van der Waals surface area contributed by atoms with Gasteiger partial charge in [-0.2, -0.15) is 0 Å². The van der Waals surface area contributed by atoms with Crippen LogP contribution in [0.4, 0.5) is 5.69 Å². The van der Waals surface area contributed by atoms with Gasteiger partial charge in [0.2, 0.25) is 0 Å². The average Bonchev–Trinajstić information content (AvgIpc) is 3.13. The van der Waals surface area contributed by atoms with E-state index in [4.69, 9.17) is 10.7 Å². The van der Waals surface area contributed by atoms with Crippen LogP contribution in [0.15, 0.2) is 28.0 Å². The third-order valence-corrected chi connectivity index (χ3v) is 8.49. The van der Waals surface area contributed by atoms with Crippen LogP contribution in [0.2, 0.25) is 0 Å². The molecule has 4 aromatic rings. The van der Waals surface area contributed by atoms with Crippen LogP contribution in [0.3, 0.4) is 0 Å². The minimum atomic E-state index is 0.553. The molecule has 0 atom stereocenters. The number of imidazole rings is 1. The fourth-order valence-corrected chi connectivity index (χ4v) is 6.67. The monoisotopic (exact) mass is 441 g/mol. The molecular weight excluding hydrogens is 418 g/mol. The SMILES string of the molecule is CCCCSc1sc2nc(-c3nccs3)cc(-c3cnc(C)n3C3CC3)c2c1N. The second kappa shape index (κ2) is 7.74. The van der Waals surface area contributed by atoms with E-state index in [2.05, 4.69) is 34.4 Å². The van der Waals surface area contributed by atoms with E-state index >= 15 is 0 Å². The van der Waals surface area contributed by atoms with E-state index in [-0.39, 0.29) is 0 Å². The second-order valence-electron chi connectivity index (χ2n) is 7.37. The Hall–Kier alpha value is -1.90. The maximum absolute atomic E-state index is 6.68. The van der Waals surface area contributed by atoms with Gasteiger partial charge >= 0.3 is 0 Å². The first-order valence-corrected chi connectivity index (χ1v) is 12.7. The molecule has 0 radical (unpaired) electrons. The van der Waals surface area contributed by atoms with Crippen molar-refractivity contribution in [2.24, 2.45) is 0 Å². The van der Waals surface area contributed by atoms with Gasteiger partial charge in [0.15, 0.2) is 0 Å². The van der Waals surface area contributed by atoms with Gasteiger partial charge in [0.05, 0.1) is 21.8 Å². The first-order valence-electron chi connectivity index (χ1n) is 9.97. The number of thiophene rings is 1. The summed E-state index contributed by atoms with van der Waals surface area (Å²) in [6.07, 6.45) is 8.64. The van der Waals surface area contributed by atoms with E-state index in [9.17, 15) is 0 Å². The second-order valence-corrected chi connectivity index (χ2v) is 10.6. The molecule has 0 spiro atoms. The highest BCUT2D eigenvalue weighted by Gasteiger charge is 2.29. The lowest BCUT2D eigenvalue weighted by Gasteiger charge is -2.11. The zero-order valence-electron chi connectivity index (χ0n) is 16.5. The van der Waals surface area contributed by atoms with Crippen molar-refractivity contribution in [3.8, 4) is 22.0 Å². The maximum atomic E-state index is 6.68. The molecule has 2 N–H and O–H groups in total. The van der Waals surface area contributed by atoms with Crippen molar-refractivity contribution in [1.82, 2.24) is 19.5 Å². The molecule has 150 valence electrons. The summed E-state index contributed by atoms with van der Waals surface area (Å²) in [5, 5.41) is 4.00. The number of nitrogens with zero attached hydrogens (tertiary/aromatic N) is 4. The van der Waals surface area contributed by atoms with Gasteiger partial charge in [0.25, 0.3) is 0 Å². The lowest BCUT2D eigenvalue weighted by atomic mass is 10.1. The number of thioether (sulfide) groups is 1. The number of nitrogens with two attached hydrogens (primary N) is 1. The molecule has 5 rings (SSSR count). The standard InChI is InChI=1S/C21H23N5S3/c1-3-4-8-28-21-18(22)17-14(16-11-24-12(2)26(16)13-5-6-13)10-15(25-20(17)29-21)19-23-7-9-27-19/h7,9-11,13H,3-6,8,22H2,1-2H3. The first-order chi connectivity index (χ1) is 14.2. The molecule has 4 heterocycles. The van der Waals surface area contributed by atoms with Crippen molar-refractivity contribution in [2.45, 2.75) is 49.8 Å². The molecular formula is C21H23N5S3. The van der Waals surface area contributed by atoms with Gasteiger partial charge in [-0.1, -0.05) is 13.3 Å². The molecule has 1 aliphatic carbocycles. The van der Waals surface area contributed by atoms with Crippen molar-refractivity contribution in [1.29, 1.82) is 0 Å². The largest absolute Gasteiger partial charge is 0.397 e. The molecule has 0 amide bonds. The summed E-state index contributed by atoms with van der Waals surface area (Å²) in [7, 11) is 0. The highest BCUT2D eigenvalue weighted by atomic mass is 32.2. The lowest BCUT2D eigenvalue weighted by Crippen LogP contribution is -2.00. The van der Waals surface area contributed by atoms with Crippen LogP contribution >= 0.6 is 34.4 Å². The molecule has 8 heteroatoms. The Morgan fingerprint density at radius 1 is 1.31 bits per heavy atom. The highest BCUT2D eigenvalue weighted by Crippen LogP contribution is 2.47. The maximum Gasteiger partial charge on any atom is 0.141 e. The molecule has 1 saturated carbocycles. The number of hydrogen-bond acceptors (Lipinski definition) is 7. The van der Waals surface area contributed by atoms with Crippen LogP contribution in [0.25, 0.3) is 32.2 Å². The van der Waals surface area contributed by atoms with Crippen LogP contribution in [0, 0.1) is 6.92 Å². The number of nitrogen functional groups attached to an aromatic ring is 1. The summed E-state index contributed by atoms with van der Waals surface area (Å²) < 4.78 is 3.55. The summed E-state index contributed by atoms with van der Waals surface area (Å²) in [5.74, 6) is 2.15. The minimum Gasteiger partial charge on any atom is -0.397 e. The number of aryl methyl sites for hydroxylation is 1. The zero-order valence-corrected chi connectivity index (χ0v) is 19.0. The summed E-state index contributed by atoms with van der Waals surface area (Å²) in [5.41, 5.74) is 10.7. The molecule has 0 aliphatic heterocycles. The number of anilines is 1. The van der Waals surface area contributed by atoms with Crippen LogP contribution < -0.4 is 5.73 Å². The summed E-state index contributed by atoms with van der Waals surface area (Å²) in [4.78, 5) is 15.1. The summed E-state index contributed by atoms with van der Waals surface area (Å²) in [6.45, 7) is 4.31. The van der Waals surface area contributed by atoms with E-state index in [0.29, 0.717) is 6.04 Å². The molecule has 4 aromatic heterocycles. The average molecular weight is 442 g/mol. The van der Waals surface area contributed by atoms with E-state index in [1.807, 2.05) is 29.5 Å². The molecule has 0 bridgehead atoms. The molecule has 0 saturated heterocycles. The first kappa shape index (κ1) is 19.1. The van der Waals surface area contributed by atoms with Crippen molar-refractivity contribution < 1.29 is 0 Å². The number of unbranched alkanes of at least 4 members (excludes halogenated alkanes) is 1. The van der Waals surface area contributed by atoms with Gasteiger partial charge in [0.1, 0.15) is 21.4 Å². The van der Waals surface area contributed by atoms with Crippen molar-refractivity contribution >= 4 is 50.3 Å². The van der Waals surface area contributed by atoms with Gasteiger partial charge in [-0.15, -0.1) is 34.4 Å². The number of hydrogen-bond donors (Lipinski definition) is 1. The molecule has 0 aromatic carbocycles. The van der Waals surface area contributed by atoms with Crippen LogP contribution in [0.1, 0.15) is 44.5 Å². The topological polar surface area (TPSA) is 69.6 Å². The van der Waals surface area contributed by atoms with E-state index < -0.39 is 0 Å².